The number of nitrogens with one attached hydrogen (secondary N) is 1. The lowest BCUT2D eigenvalue weighted by molar-refractivity contribution is -0.139. The topological polar surface area (TPSA) is 96.0 Å². The minimum Gasteiger partial charge on any atom is -0.497 e. The molecule has 0 heterocycles. The first kappa shape index (κ1) is 27.5. The number of methoxy groups -OCH3 is 1. The number of anilines is 1. The first-order valence-electron chi connectivity index (χ1n) is 12.4. The molecule has 0 unspecified atom stereocenters. The Labute approximate surface area is 214 Å². The molecule has 2 amide bonds. The number of hydrogen-bond donors (Lipinski definition) is 1. The van der Waals surface area contributed by atoms with Gasteiger partial charge in [-0.3, -0.25) is 13.9 Å². The van der Waals surface area contributed by atoms with Gasteiger partial charge in [0.2, 0.25) is 21.8 Å². The van der Waals surface area contributed by atoms with Crippen LogP contribution in [0.3, 0.4) is 0 Å². The van der Waals surface area contributed by atoms with E-state index in [1.165, 1.54) is 4.90 Å². The maximum Gasteiger partial charge on any atom is 0.244 e. The number of carbonyl (C=O) groups is 2. The standard InChI is InChI=1S/C27H37N3O5S/c1-5-22-12-6-9-16-25(22)30(36(4,33)34)19-26(31)29(18-21-11-10-15-24(17-21)35-3)20(2)27(32)28-23-13-7-8-14-23/h6,9-12,15-17,20,23H,5,7-8,13-14,18-19H2,1-4H3,(H,28,32)/t20-/m0/s1. The molecule has 1 saturated carbocycles. The zero-order chi connectivity index (χ0) is 26.3. The molecule has 9 heteroatoms. The smallest absolute Gasteiger partial charge is 0.244 e. The average molecular weight is 516 g/mol. The van der Waals surface area contributed by atoms with E-state index in [9.17, 15) is 18.0 Å². The van der Waals surface area contributed by atoms with Crippen molar-refractivity contribution in [1.82, 2.24) is 10.2 Å². The lowest BCUT2D eigenvalue weighted by atomic mass is 10.1. The number of rotatable bonds is 11. The number of benzene rings is 2. The molecule has 0 saturated heterocycles. The summed E-state index contributed by atoms with van der Waals surface area (Å²) in [4.78, 5) is 28.3. The van der Waals surface area contributed by atoms with Gasteiger partial charge in [0, 0.05) is 12.6 Å². The summed E-state index contributed by atoms with van der Waals surface area (Å²) in [6, 6.07) is 13.8. The van der Waals surface area contributed by atoms with Crippen molar-refractivity contribution < 1.29 is 22.7 Å². The van der Waals surface area contributed by atoms with Gasteiger partial charge in [0.15, 0.2) is 0 Å². The summed E-state index contributed by atoms with van der Waals surface area (Å²) < 4.78 is 32.0. The van der Waals surface area contributed by atoms with E-state index in [1.807, 2.05) is 37.3 Å². The van der Waals surface area contributed by atoms with E-state index in [0.29, 0.717) is 17.9 Å². The van der Waals surface area contributed by atoms with Crippen LogP contribution in [-0.2, 0) is 32.6 Å². The fourth-order valence-corrected chi connectivity index (χ4v) is 5.47. The molecule has 0 aliphatic heterocycles. The van der Waals surface area contributed by atoms with Crippen LogP contribution in [0.15, 0.2) is 48.5 Å². The van der Waals surface area contributed by atoms with Crippen LogP contribution < -0.4 is 14.4 Å². The van der Waals surface area contributed by atoms with Gasteiger partial charge in [-0.05, 0) is 55.5 Å². The molecule has 1 N–H and O–H groups in total. The van der Waals surface area contributed by atoms with Crippen LogP contribution >= 0.6 is 0 Å². The summed E-state index contributed by atoms with van der Waals surface area (Å²) in [5.41, 5.74) is 2.07. The van der Waals surface area contributed by atoms with E-state index in [1.54, 1.807) is 32.2 Å². The lowest BCUT2D eigenvalue weighted by Gasteiger charge is -2.32. The predicted molar refractivity (Wildman–Crippen MR) is 141 cm³/mol. The maximum absolute atomic E-state index is 13.7. The zero-order valence-corrected chi connectivity index (χ0v) is 22.4. The number of ether oxygens (including phenoxy) is 1. The Balaban J connectivity index is 1.91. The van der Waals surface area contributed by atoms with E-state index in [2.05, 4.69) is 5.32 Å². The minimum absolute atomic E-state index is 0.109. The minimum atomic E-state index is -3.76. The summed E-state index contributed by atoms with van der Waals surface area (Å²) in [5, 5.41) is 3.07. The van der Waals surface area contributed by atoms with Crippen molar-refractivity contribution in [1.29, 1.82) is 0 Å². The Morgan fingerprint density at radius 2 is 1.81 bits per heavy atom. The van der Waals surface area contributed by atoms with E-state index in [-0.39, 0.29) is 18.5 Å². The van der Waals surface area contributed by atoms with E-state index >= 15 is 0 Å². The number of sulfonamides is 1. The quantitative estimate of drug-likeness (QED) is 0.494. The molecule has 8 nitrogen and oxygen atoms in total. The summed E-state index contributed by atoms with van der Waals surface area (Å²) in [6.45, 7) is 3.36. The lowest BCUT2D eigenvalue weighted by Crippen LogP contribution is -2.52. The van der Waals surface area contributed by atoms with E-state index in [0.717, 1.165) is 47.4 Å². The van der Waals surface area contributed by atoms with Crippen molar-refractivity contribution in [3.05, 3.63) is 59.7 Å². The second-order valence-electron chi connectivity index (χ2n) is 9.29. The van der Waals surface area contributed by atoms with Gasteiger partial charge in [-0.25, -0.2) is 8.42 Å². The first-order valence-corrected chi connectivity index (χ1v) is 14.3. The van der Waals surface area contributed by atoms with Gasteiger partial charge in [0.1, 0.15) is 18.3 Å². The van der Waals surface area contributed by atoms with Crippen LogP contribution in [0, 0.1) is 0 Å². The van der Waals surface area contributed by atoms with Crippen molar-refractivity contribution in [3.63, 3.8) is 0 Å². The van der Waals surface area contributed by atoms with Crippen LogP contribution in [0.4, 0.5) is 5.69 Å². The van der Waals surface area contributed by atoms with Crippen LogP contribution in [0.2, 0.25) is 0 Å². The Bertz CT molecular complexity index is 1160. The third kappa shape index (κ3) is 7.00. The molecule has 0 bridgehead atoms. The largest absolute Gasteiger partial charge is 0.497 e. The molecule has 196 valence electrons. The van der Waals surface area contributed by atoms with Gasteiger partial charge in [0.05, 0.1) is 19.1 Å². The highest BCUT2D eigenvalue weighted by atomic mass is 32.2. The molecule has 3 rings (SSSR count). The van der Waals surface area contributed by atoms with Crippen molar-refractivity contribution in [3.8, 4) is 5.75 Å². The van der Waals surface area contributed by atoms with Crippen molar-refractivity contribution in [2.75, 3.05) is 24.2 Å². The Morgan fingerprint density at radius 1 is 1.11 bits per heavy atom. The molecule has 0 spiro atoms. The highest BCUT2D eigenvalue weighted by molar-refractivity contribution is 7.92. The number of aryl methyl sites for hydroxylation is 1. The van der Waals surface area contributed by atoms with Gasteiger partial charge in [-0.1, -0.05) is 50.1 Å². The molecule has 2 aromatic rings. The van der Waals surface area contributed by atoms with Gasteiger partial charge in [-0.2, -0.15) is 0 Å². The third-order valence-corrected chi connectivity index (χ3v) is 7.80. The zero-order valence-electron chi connectivity index (χ0n) is 21.6. The molecular weight excluding hydrogens is 478 g/mol. The number of amides is 2. The van der Waals surface area contributed by atoms with E-state index < -0.39 is 28.5 Å². The van der Waals surface area contributed by atoms with Gasteiger partial charge < -0.3 is 15.0 Å². The second-order valence-corrected chi connectivity index (χ2v) is 11.2. The molecule has 1 atom stereocenters. The first-order chi connectivity index (χ1) is 17.1. The normalized spacial score (nSPS) is 14.8. The molecular formula is C27H37N3O5S. The highest BCUT2D eigenvalue weighted by Crippen LogP contribution is 2.25. The fraction of sp³-hybridized carbons (Fsp3) is 0.481. The Kier molecular flexibility index (Phi) is 9.37. The molecule has 1 aliphatic carbocycles. The van der Waals surface area contributed by atoms with Crippen LogP contribution in [-0.4, -0.2) is 57.1 Å². The highest BCUT2D eigenvalue weighted by Gasteiger charge is 2.31. The fourth-order valence-electron chi connectivity index (χ4n) is 4.59. The summed E-state index contributed by atoms with van der Waals surface area (Å²) >= 11 is 0. The number of nitrogens with zero attached hydrogens (tertiary/aromatic N) is 2. The maximum atomic E-state index is 13.7. The molecule has 0 radical (unpaired) electrons. The van der Waals surface area contributed by atoms with Gasteiger partial charge >= 0.3 is 0 Å². The molecule has 36 heavy (non-hydrogen) atoms. The van der Waals surface area contributed by atoms with Crippen molar-refractivity contribution in [2.45, 2.75) is 64.6 Å². The summed E-state index contributed by atoms with van der Waals surface area (Å²) in [7, 11) is -2.20. The van der Waals surface area contributed by atoms with Crippen molar-refractivity contribution in [2.24, 2.45) is 0 Å². The number of hydrogen-bond acceptors (Lipinski definition) is 5. The van der Waals surface area contributed by atoms with Crippen LogP contribution in [0.25, 0.3) is 0 Å². The number of carbonyl (C=O) groups excluding carboxylic acids is 2. The van der Waals surface area contributed by atoms with Crippen molar-refractivity contribution >= 4 is 27.5 Å². The Hall–Kier alpha value is -3.07. The monoisotopic (exact) mass is 515 g/mol. The van der Waals surface area contributed by atoms with Crippen LogP contribution in [0.1, 0.15) is 50.7 Å². The summed E-state index contributed by atoms with van der Waals surface area (Å²) in [5.74, 6) is -0.0566. The molecule has 2 aromatic carbocycles. The number of para-hydroxylation sites is 1. The molecule has 1 fully saturated rings. The molecule has 0 aromatic heterocycles. The average Bonchev–Trinajstić information content (AvgIpc) is 3.37. The SMILES string of the molecule is CCc1ccccc1N(CC(=O)N(Cc1cccc(OC)c1)[C@@H](C)C(=O)NC1CCCC1)S(C)(=O)=O. The Morgan fingerprint density at radius 3 is 2.44 bits per heavy atom. The predicted octanol–water partition coefficient (Wildman–Crippen LogP) is 3.50. The van der Waals surface area contributed by atoms with Crippen LogP contribution in [0.5, 0.6) is 5.75 Å². The molecule has 1 aliphatic rings. The summed E-state index contributed by atoms with van der Waals surface area (Å²) in [6.07, 6.45) is 5.72. The second kappa shape index (κ2) is 12.3. The third-order valence-electron chi connectivity index (χ3n) is 6.68. The van der Waals surface area contributed by atoms with E-state index in [4.69, 9.17) is 4.74 Å². The van der Waals surface area contributed by atoms with Gasteiger partial charge in [0.25, 0.3) is 0 Å². The van der Waals surface area contributed by atoms with Gasteiger partial charge in [-0.15, -0.1) is 0 Å².